The molecule has 0 amide bonds. The Labute approximate surface area is 279 Å². The van der Waals surface area contributed by atoms with Crippen LogP contribution in [0.2, 0.25) is 0 Å². The molecule has 0 aliphatic carbocycles. The minimum atomic E-state index is -0.767. The maximum absolute atomic E-state index is 12.1. The smallest absolute Gasteiger partial charge is 0.306 e. The first-order valence-electron chi connectivity index (χ1n) is 19.4. The van der Waals surface area contributed by atoms with E-state index in [1.807, 2.05) is 0 Å². The zero-order chi connectivity index (χ0) is 32.9. The molecule has 0 saturated carbocycles. The summed E-state index contributed by atoms with van der Waals surface area (Å²) in [6.45, 7) is 4.11. The summed E-state index contributed by atoms with van der Waals surface area (Å²) in [5.74, 6) is -0.590. The Morgan fingerprint density at radius 1 is 0.511 bits per heavy atom. The van der Waals surface area contributed by atoms with E-state index >= 15 is 0 Å². The SMILES string of the molecule is CCCCC/C=C/C/C=C/CCCCCCCCCCCC(=O)OC[C@H](CO)OC(=O)CCCCCCCCCCCCCC. The summed E-state index contributed by atoms with van der Waals surface area (Å²) in [4.78, 5) is 24.2. The highest BCUT2D eigenvalue weighted by Crippen LogP contribution is 2.14. The van der Waals surface area contributed by atoms with Crippen LogP contribution in [0.1, 0.15) is 200 Å². The molecule has 0 bridgehead atoms. The molecule has 0 rings (SSSR count). The maximum Gasteiger partial charge on any atom is 0.306 e. The molecule has 1 N–H and O–H groups in total. The van der Waals surface area contributed by atoms with Gasteiger partial charge in [-0.25, -0.2) is 0 Å². The number of esters is 2. The Kier molecular flexibility index (Phi) is 35.5. The first-order valence-corrected chi connectivity index (χ1v) is 19.4. The normalized spacial score (nSPS) is 12.3. The van der Waals surface area contributed by atoms with E-state index in [0.29, 0.717) is 12.8 Å². The molecule has 0 spiro atoms. The molecular formula is C40H74O5. The second-order valence-corrected chi connectivity index (χ2v) is 13.0. The fraction of sp³-hybridized carbons (Fsp3) is 0.850. The first-order chi connectivity index (χ1) is 22.1. The monoisotopic (exact) mass is 635 g/mol. The van der Waals surface area contributed by atoms with Crippen molar-refractivity contribution in [2.24, 2.45) is 0 Å². The molecule has 5 heteroatoms. The average Bonchev–Trinajstić information content (AvgIpc) is 3.04. The molecule has 0 fully saturated rings. The number of carbonyl (C=O) groups excluding carboxylic acids is 2. The van der Waals surface area contributed by atoms with Gasteiger partial charge in [0.15, 0.2) is 6.10 Å². The van der Waals surface area contributed by atoms with Crippen molar-refractivity contribution in [2.45, 2.75) is 206 Å². The van der Waals surface area contributed by atoms with Gasteiger partial charge >= 0.3 is 11.9 Å². The van der Waals surface area contributed by atoms with Crippen molar-refractivity contribution >= 4 is 11.9 Å². The summed E-state index contributed by atoms with van der Waals surface area (Å²) < 4.78 is 10.6. The van der Waals surface area contributed by atoms with Gasteiger partial charge in [-0.05, 0) is 44.9 Å². The van der Waals surface area contributed by atoms with Crippen LogP contribution in [0, 0.1) is 0 Å². The second-order valence-electron chi connectivity index (χ2n) is 13.0. The highest BCUT2D eigenvalue weighted by molar-refractivity contribution is 5.70. The maximum atomic E-state index is 12.1. The first kappa shape index (κ1) is 43.4. The molecule has 5 nitrogen and oxygen atoms in total. The van der Waals surface area contributed by atoms with Crippen LogP contribution >= 0.6 is 0 Å². The Hall–Kier alpha value is -1.62. The number of rotatable bonds is 35. The average molecular weight is 635 g/mol. The third-order valence-corrected chi connectivity index (χ3v) is 8.50. The summed E-state index contributed by atoms with van der Waals surface area (Å²) >= 11 is 0. The number of hydrogen-bond acceptors (Lipinski definition) is 5. The molecule has 0 unspecified atom stereocenters. The van der Waals surface area contributed by atoms with Crippen LogP contribution in [0.3, 0.4) is 0 Å². The highest BCUT2D eigenvalue weighted by atomic mass is 16.6. The fourth-order valence-electron chi connectivity index (χ4n) is 5.53. The lowest BCUT2D eigenvalue weighted by molar-refractivity contribution is -0.161. The predicted octanol–water partition coefficient (Wildman–Crippen LogP) is 11.9. The number of ether oxygens (including phenoxy) is 2. The molecule has 0 aliphatic heterocycles. The van der Waals surface area contributed by atoms with Crippen LogP contribution in [0.15, 0.2) is 24.3 Å². The molecule has 0 aromatic carbocycles. The number of hydrogen-bond donors (Lipinski definition) is 1. The van der Waals surface area contributed by atoms with E-state index in [1.165, 1.54) is 128 Å². The minimum Gasteiger partial charge on any atom is -0.462 e. The van der Waals surface area contributed by atoms with Crippen LogP contribution in [0.25, 0.3) is 0 Å². The van der Waals surface area contributed by atoms with E-state index in [0.717, 1.165) is 44.9 Å². The van der Waals surface area contributed by atoms with Gasteiger partial charge in [-0.1, -0.05) is 167 Å². The zero-order valence-corrected chi connectivity index (χ0v) is 29.9. The van der Waals surface area contributed by atoms with Crippen molar-refractivity contribution in [2.75, 3.05) is 13.2 Å². The minimum absolute atomic E-state index is 0.0640. The zero-order valence-electron chi connectivity index (χ0n) is 29.9. The van der Waals surface area contributed by atoms with Crippen LogP contribution in [-0.2, 0) is 19.1 Å². The van der Waals surface area contributed by atoms with Gasteiger partial charge in [0.05, 0.1) is 6.61 Å². The van der Waals surface area contributed by atoms with Crippen molar-refractivity contribution in [3.63, 3.8) is 0 Å². The fourth-order valence-corrected chi connectivity index (χ4v) is 5.53. The standard InChI is InChI=1S/C40H74O5/c1-3-5-7-9-11-13-15-17-18-19-20-21-22-23-25-26-28-30-32-34-39(42)44-37-38(36-41)45-40(43)35-33-31-29-27-24-16-14-12-10-8-6-4-2/h11,13,17-18,38,41H,3-10,12,14-16,19-37H2,1-2H3/b13-11+,18-17+/t38-/m0/s1. The summed E-state index contributed by atoms with van der Waals surface area (Å²) in [5, 5.41) is 9.53. The van der Waals surface area contributed by atoms with E-state index < -0.39 is 6.10 Å². The molecule has 0 aromatic rings. The van der Waals surface area contributed by atoms with Gasteiger partial charge < -0.3 is 14.6 Å². The topological polar surface area (TPSA) is 72.8 Å². The Morgan fingerprint density at radius 2 is 0.889 bits per heavy atom. The molecular weight excluding hydrogens is 560 g/mol. The van der Waals surface area contributed by atoms with Gasteiger partial charge in [-0.15, -0.1) is 0 Å². The van der Waals surface area contributed by atoms with E-state index in [9.17, 15) is 14.7 Å². The Morgan fingerprint density at radius 3 is 1.36 bits per heavy atom. The number of carbonyl (C=O) groups is 2. The molecule has 0 heterocycles. The van der Waals surface area contributed by atoms with Crippen LogP contribution in [0.4, 0.5) is 0 Å². The Balaban J connectivity index is 3.53. The van der Waals surface area contributed by atoms with Gasteiger partial charge in [0.2, 0.25) is 0 Å². The molecule has 264 valence electrons. The van der Waals surface area contributed by atoms with Crippen molar-refractivity contribution in [3.8, 4) is 0 Å². The van der Waals surface area contributed by atoms with Crippen LogP contribution in [0.5, 0.6) is 0 Å². The van der Waals surface area contributed by atoms with Gasteiger partial charge in [-0.2, -0.15) is 0 Å². The summed E-state index contributed by atoms with van der Waals surface area (Å²) in [7, 11) is 0. The number of aliphatic hydroxyl groups is 1. The lowest BCUT2D eigenvalue weighted by Crippen LogP contribution is -2.28. The second kappa shape index (κ2) is 36.8. The van der Waals surface area contributed by atoms with E-state index in [-0.39, 0.29) is 25.2 Å². The van der Waals surface area contributed by atoms with Crippen molar-refractivity contribution < 1.29 is 24.2 Å². The van der Waals surface area contributed by atoms with E-state index in [4.69, 9.17) is 9.47 Å². The van der Waals surface area contributed by atoms with Gasteiger partial charge in [0, 0.05) is 12.8 Å². The third-order valence-electron chi connectivity index (χ3n) is 8.50. The van der Waals surface area contributed by atoms with Crippen LogP contribution < -0.4 is 0 Å². The van der Waals surface area contributed by atoms with Crippen LogP contribution in [-0.4, -0.2) is 36.4 Å². The van der Waals surface area contributed by atoms with Gasteiger partial charge in [0.25, 0.3) is 0 Å². The largest absolute Gasteiger partial charge is 0.462 e. The molecule has 0 aliphatic rings. The molecule has 0 saturated heterocycles. The lowest BCUT2D eigenvalue weighted by atomic mass is 10.0. The quantitative estimate of drug-likeness (QED) is 0.0426. The predicted molar refractivity (Wildman–Crippen MR) is 191 cm³/mol. The number of unbranched alkanes of at least 4 members (excludes halogenated alkanes) is 23. The molecule has 45 heavy (non-hydrogen) atoms. The lowest BCUT2D eigenvalue weighted by Gasteiger charge is -2.15. The Bertz CT molecular complexity index is 686. The number of aliphatic hydroxyl groups excluding tert-OH is 1. The summed E-state index contributed by atoms with van der Waals surface area (Å²) in [6.07, 6.45) is 42.3. The van der Waals surface area contributed by atoms with E-state index in [1.54, 1.807) is 0 Å². The van der Waals surface area contributed by atoms with Gasteiger partial charge in [0.1, 0.15) is 6.61 Å². The third kappa shape index (κ3) is 35.1. The highest BCUT2D eigenvalue weighted by Gasteiger charge is 2.16. The summed E-state index contributed by atoms with van der Waals surface area (Å²) in [5.41, 5.74) is 0. The molecule has 0 radical (unpaired) electrons. The van der Waals surface area contributed by atoms with Crippen molar-refractivity contribution in [1.82, 2.24) is 0 Å². The number of allylic oxidation sites excluding steroid dienone is 4. The van der Waals surface area contributed by atoms with Crippen molar-refractivity contribution in [1.29, 1.82) is 0 Å². The molecule has 0 aromatic heterocycles. The van der Waals surface area contributed by atoms with E-state index in [2.05, 4.69) is 38.2 Å². The summed E-state index contributed by atoms with van der Waals surface area (Å²) in [6, 6.07) is 0. The van der Waals surface area contributed by atoms with Crippen molar-refractivity contribution in [3.05, 3.63) is 24.3 Å². The molecule has 1 atom stereocenters. The van der Waals surface area contributed by atoms with Gasteiger partial charge in [-0.3, -0.25) is 9.59 Å².